The highest BCUT2D eigenvalue weighted by molar-refractivity contribution is 6.05. The average Bonchev–Trinajstić information content (AvgIpc) is 2.27. The van der Waals surface area contributed by atoms with Gasteiger partial charge in [-0.05, 0) is 12.1 Å². The van der Waals surface area contributed by atoms with Gasteiger partial charge in [0.2, 0.25) is 0 Å². The Bertz CT molecular complexity index is 398. The fraction of sp³-hybridized carbons (Fsp3) is 0.200. The summed E-state index contributed by atoms with van der Waals surface area (Å²) in [4.78, 5) is 21.8. The molecule has 0 aliphatic heterocycles. The maximum atomic E-state index is 11.0. The average molecular weight is 225 g/mol. The van der Waals surface area contributed by atoms with Crippen molar-refractivity contribution < 1.29 is 24.5 Å². The number of carbonyl (C=O) groups is 2. The molecule has 1 aromatic rings. The van der Waals surface area contributed by atoms with Gasteiger partial charge in [-0.25, -0.2) is 4.79 Å². The number of carboxylic acid groups (broad SMARTS) is 1. The Balaban J connectivity index is 3.22. The maximum absolute atomic E-state index is 11.0. The zero-order valence-electron chi connectivity index (χ0n) is 8.51. The molecule has 1 atom stereocenters. The minimum atomic E-state index is -2.72. The van der Waals surface area contributed by atoms with E-state index in [1.165, 1.54) is 31.4 Å². The molecule has 0 fully saturated rings. The molecule has 0 saturated heterocycles. The second-order valence-electron chi connectivity index (χ2n) is 3.11. The summed E-state index contributed by atoms with van der Waals surface area (Å²) < 4.78 is 4.86. The first-order valence-corrected chi connectivity index (χ1v) is 4.33. The van der Waals surface area contributed by atoms with E-state index in [2.05, 4.69) is 0 Å². The van der Waals surface area contributed by atoms with Gasteiger partial charge in [-0.1, -0.05) is 12.1 Å². The summed E-state index contributed by atoms with van der Waals surface area (Å²) >= 11 is 0. The van der Waals surface area contributed by atoms with Crippen molar-refractivity contribution in [2.45, 2.75) is 5.60 Å². The van der Waals surface area contributed by atoms with E-state index in [0.29, 0.717) is 5.75 Å². The number of ether oxygens (including phenoxy) is 1. The Kier molecular flexibility index (Phi) is 3.14. The molecule has 86 valence electrons. The van der Waals surface area contributed by atoms with Crippen LogP contribution in [0.3, 0.4) is 0 Å². The Morgan fingerprint density at radius 1 is 1.31 bits per heavy atom. The lowest BCUT2D eigenvalue weighted by Gasteiger charge is -2.19. The molecule has 0 aromatic heterocycles. The van der Waals surface area contributed by atoms with Crippen molar-refractivity contribution in [3.8, 4) is 5.75 Å². The quantitative estimate of drug-likeness (QED) is 0.596. The number of nitrogens with two attached hydrogens (primary N) is 1. The van der Waals surface area contributed by atoms with E-state index in [4.69, 9.17) is 15.6 Å². The van der Waals surface area contributed by atoms with E-state index in [1.54, 1.807) is 0 Å². The second-order valence-corrected chi connectivity index (χ2v) is 3.11. The largest absolute Gasteiger partial charge is 0.497 e. The minimum Gasteiger partial charge on any atom is -0.497 e. The van der Waals surface area contributed by atoms with Gasteiger partial charge < -0.3 is 20.7 Å². The van der Waals surface area contributed by atoms with Crippen LogP contribution in [0.5, 0.6) is 5.75 Å². The lowest BCUT2D eigenvalue weighted by Crippen LogP contribution is -2.47. The standard InChI is InChI=1S/C10H11NO5/c1-16-7-4-2-6(3-5-7)10(15,8(11)12)9(13)14/h2-5,15H,1H3,(H2,11,12)(H,13,14). The number of carbonyl (C=O) groups excluding carboxylic acids is 1. The molecule has 1 aromatic carbocycles. The lowest BCUT2D eigenvalue weighted by atomic mass is 9.93. The van der Waals surface area contributed by atoms with E-state index in [1.807, 2.05) is 0 Å². The first-order chi connectivity index (χ1) is 7.42. The first kappa shape index (κ1) is 12.0. The van der Waals surface area contributed by atoms with Crippen LogP contribution in [0.2, 0.25) is 0 Å². The highest BCUT2D eigenvalue weighted by Crippen LogP contribution is 2.23. The molecule has 0 aliphatic carbocycles. The van der Waals surface area contributed by atoms with Crippen molar-refractivity contribution in [2.75, 3.05) is 7.11 Å². The highest BCUT2D eigenvalue weighted by Gasteiger charge is 2.44. The Morgan fingerprint density at radius 2 is 1.81 bits per heavy atom. The van der Waals surface area contributed by atoms with Gasteiger partial charge >= 0.3 is 5.97 Å². The molecule has 0 heterocycles. The Hall–Kier alpha value is -2.08. The third-order valence-electron chi connectivity index (χ3n) is 2.17. The van der Waals surface area contributed by atoms with Crippen LogP contribution in [0.4, 0.5) is 0 Å². The molecule has 0 aliphatic rings. The predicted molar refractivity (Wildman–Crippen MR) is 53.7 cm³/mol. The van der Waals surface area contributed by atoms with Crippen LogP contribution in [0.15, 0.2) is 24.3 Å². The summed E-state index contributed by atoms with van der Waals surface area (Å²) in [5.74, 6) is -2.59. The minimum absolute atomic E-state index is 0.117. The SMILES string of the molecule is COc1ccc(C(O)(C(N)=O)C(=O)O)cc1. The van der Waals surface area contributed by atoms with Crippen LogP contribution in [-0.2, 0) is 15.2 Å². The van der Waals surface area contributed by atoms with E-state index < -0.39 is 17.5 Å². The Labute approximate surface area is 91.3 Å². The van der Waals surface area contributed by atoms with Gasteiger partial charge in [0.1, 0.15) is 5.75 Å². The number of methoxy groups -OCH3 is 1. The van der Waals surface area contributed by atoms with Crippen LogP contribution in [0.25, 0.3) is 0 Å². The van der Waals surface area contributed by atoms with Crippen LogP contribution >= 0.6 is 0 Å². The highest BCUT2D eigenvalue weighted by atomic mass is 16.5. The van der Waals surface area contributed by atoms with Gasteiger partial charge in [-0.15, -0.1) is 0 Å². The van der Waals surface area contributed by atoms with Gasteiger partial charge in [0.25, 0.3) is 11.5 Å². The van der Waals surface area contributed by atoms with Crippen molar-refractivity contribution >= 4 is 11.9 Å². The maximum Gasteiger partial charge on any atom is 0.350 e. The molecule has 0 radical (unpaired) electrons. The smallest absolute Gasteiger partial charge is 0.350 e. The number of benzene rings is 1. The predicted octanol–water partition coefficient (Wildman–Crippen LogP) is -0.547. The zero-order chi connectivity index (χ0) is 12.3. The summed E-state index contributed by atoms with van der Waals surface area (Å²) in [6, 6.07) is 5.37. The number of aliphatic hydroxyl groups is 1. The fourth-order valence-electron chi connectivity index (χ4n) is 1.20. The molecule has 1 unspecified atom stereocenters. The molecule has 6 heteroatoms. The molecule has 1 rings (SSSR count). The van der Waals surface area contributed by atoms with Gasteiger partial charge in [0.15, 0.2) is 0 Å². The molecule has 0 saturated carbocycles. The molecule has 16 heavy (non-hydrogen) atoms. The summed E-state index contributed by atoms with van der Waals surface area (Å²) in [7, 11) is 1.44. The molecule has 0 spiro atoms. The number of primary amides is 1. The van der Waals surface area contributed by atoms with Gasteiger partial charge in [0, 0.05) is 5.56 Å². The summed E-state index contributed by atoms with van der Waals surface area (Å²) in [6.07, 6.45) is 0. The lowest BCUT2D eigenvalue weighted by molar-refractivity contribution is -0.166. The summed E-state index contributed by atoms with van der Waals surface area (Å²) in [5.41, 5.74) is 2.04. The summed E-state index contributed by atoms with van der Waals surface area (Å²) in [6.45, 7) is 0. The number of carboxylic acids is 1. The number of aliphatic carboxylic acids is 1. The van der Waals surface area contributed by atoms with Crippen molar-refractivity contribution in [3.63, 3.8) is 0 Å². The molecule has 0 bridgehead atoms. The van der Waals surface area contributed by atoms with Crippen LogP contribution < -0.4 is 10.5 Å². The van der Waals surface area contributed by atoms with Gasteiger partial charge in [0.05, 0.1) is 7.11 Å². The topological polar surface area (TPSA) is 110 Å². The third kappa shape index (κ3) is 1.82. The van der Waals surface area contributed by atoms with Crippen molar-refractivity contribution in [3.05, 3.63) is 29.8 Å². The van der Waals surface area contributed by atoms with E-state index in [9.17, 15) is 14.7 Å². The van der Waals surface area contributed by atoms with Crippen LogP contribution in [0.1, 0.15) is 5.56 Å². The van der Waals surface area contributed by atoms with Gasteiger partial charge in [-0.3, -0.25) is 4.79 Å². The van der Waals surface area contributed by atoms with Crippen molar-refractivity contribution in [1.82, 2.24) is 0 Å². The van der Waals surface area contributed by atoms with Crippen molar-refractivity contribution in [2.24, 2.45) is 5.73 Å². The number of rotatable bonds is 4. The molecule has 4 N–H and O–H groups in total. The van der Waals surface area contributed by atoms with E-state index in [-0.39, 0.29) is 5.56 Å². The number of amides is 1. The normalized spacial score (nSPS) is 13.9. The number of hydrogen-bond donors (Lipinski definition) is 3. The monoisotopic (exact) mass is 225 g/mol. The molecular formula is C10H11NO5. The van der Waals surface area contributed by atoms with Gasteiger partial charge in [-0.2, -0.15) is 0 Å². The number of hydrogen-bond acceptors (Lipinski definition) is 4. The Morgan fingerprint density at radius 3 is 2.12 bits per heavy atom. The molecular weight excluding hydrogens is 214 g/mol. The summed E-state index contributed by atoms with van der Waals surface area (Å²) in [5, 5.41) is 18.5. The third-order valence-corrected chi connectivity index (χ3v) is 2.17. The van der Waals surface area contributed by atoms with Crippen LogP contribution in [0, 0.1) is 0 Å². The fourth-order valence-corrected chi connectivity index (χ4v) is 1.20. The molecule has 6 nitrogen and oxygen atoms in total. The van der Waals surface area contributed by atoms with Crippen LogP contribution in [-0.4, -0.2) is 29.2 Å². The zero-order valence-corrected chi connectivity index (χ0v) is 8.51. The first-order valence-electron chi connectivity index (χ1n) is 4.33. The van der Waals surface area contributed by atoms with E-state index >= 15 is 0 Å². The second kappa shape index (κ2) is 4.19. The van der Waals surface area contributed by atoms with Crippen molar-refractivity contribution in [1.29, 1.82) is 0 Å². The molecule has 1 amide bonds. The van der Waals surface area contributed by atoms with E-state index in [0.717, 1.165) is 0 Å².